The average molecular weight is 264 g/mol. The van der Waals surface area contributed by atoms with Gasteiger partial charge >= 0.3 is 0 Å². The number of pyridine rings is 1. The number of H-pyrrole nitrogens is 1. The molecular formula is C13H14ClN3O. The number of hydrogen-bond acceptors (Lipinski definition) is 2. The topological polar surface area (TPSA) is 49.0 Å². The van der Waals surface area contributed by atoms with Gasteiger partial charge in [0, 0.05) is 43.3 Å². The monoisotopic (exact) mass is 263 g/mol. The van der Waals surface area contributed by atoms with Crippen molar-refractivity contribution in [3.63, 3.8) is 0 Å². The smallest absolute Gasteiger partial charge is 0.271 e. The fraction of sp³-hybridized carbons (Fsp3) is 0.231. The molecule has 0 unspecified atom stereocenters. The fourth-order valence-electron chi connectivity index (χ4n) is 1.63. The van der Waals surface area contributed by atoms with Gasteiger partial charge in [0.05, 0.1) is 5.02 Å². The van der Waals surface area contributed by atoms with Gasteiger partial charge in [0.1, 0.15) is 5.69 Å². The predicted octanol–water partition coefficient (Wildman–Crippen LogP) is 2.74. The number of amides is 1. The summed E-state index contributed by atoms with van der Waals surface area (Å²) in [6, 6.07) is 3.55. The maximum atomic E-state index is 11.7. The van der Waals surface area contributed by atoms with Gasteiger partial charge in [-0.1, -0.05) is 17.7 Å². The van der Waals surface area contributed by atoms with Crippen molar-refractivity contribution in [1.82, 2.24) is 14.9 Å². The number of aromatic nitrogens is 2. The molecule has 18 heavy (non-hydrogen) atoms. The second-order valence-corrected chi connectivity index (χ2v) is 4.65. The van der Waals surface area contributed by atoms with Gasteiger partial charge in [-0.25, -0.2) is 0 Å². The molecule has 0 saturated carbocycles. The number of carbonyl (C=O) groups is 1. The zero-order valence-electron chi connectivity index (χ0n) is 10.5. The second kappa shape index (κ2) is 4.82. The van der Waals surface area contributed by atoms with Gasteiger partial charge in [-0.2, -0.15) is 0 Å². The quantitative estimate of drug-likeness (QED) is 0.906. The van der Waals surface area contributed by atoms with Crippen molar-refractivity contribution >= 4 is 17.5 Å². The van der Waals surface area contributed by atoms with Crippen LogP contribution in [0.25, 0.3) is 11.1 Å². The van der Waals surface area contributed by atoms with E-state index in [4.69, 9.17) is 11.6 Å². The van der Waals surface area contributed by atoms with Crippen LogP contribution in [0.3, 0.4) is 0 Å². The Balaban J connectivity index is 2.33. The molecule has 4 nitrogen and oxygen atoms in total. The summed E-state index contributed by atoms with van der Waals surface area (Å²) in [5, 5.41) is 0.684. The fourth-order valence-corrected chi connectivity index (χ4v) is 1.85. The van der Waals surface area contributed by atoms with Crippen LogP contribution >= 0.6 is 11.6 Å². The summed E-state index contributed by atoms with van der Waals surface area (Å²) in [6.45, 7) is 1.91. The van der Waals surface area contributed by atoms with Crippen LogP contribution in [-0.2, 0) is 0 Å². The van der Waals surface area contributed by atoms with E-state index in [1.165, 1.54) is 4.90 Å². The Kier molecular flexibility index (Phi) is 3.39. The molecule has 2 heterocycles. The van der Waals surface area contributed by atoms with Gasteiger partial charge in [0.15, 0.2) is 0 Å². The van der Waals surface area contributed by atoms with E-state index in [2.05, 4.69) is 9.97 Å². The largest absolute Gasteiger partial charge is 0.363 e. The normalized spacial score (nSPS) is 10.4. The lowest BCUT2D eigenvalue weighted by atomic mass is 10.1. The third-order valence-corrected chi connectivity index (χ3v) is 3.19. The summed E-state index contributed by atoms with van der Waals surface area (Å²) in [4.78, 5) is 20.4. The van der Waals surface area contributed by atoms with Gasteiger partial charge < -0.3 is 9.88 Å². The Labute approximate surface area is 111 Å². The standard InChI is InChI=1S/C13H14ClN3O/c1-8-12(14)10(7-15-8)9-4-5-11(16-6-9)13(18)17(2)3/h4-7,15H,1-3H3. The molecule has 0 bridgehead atoms. The lowest BCUT2D eigenvalue weighted by molar-refractivity contribution is 0.0822. The molecular weight excluding hydrogens is 250 g/mol. The summed E-state index contributed by atoms with van der Waals surface area (Å²) >= 11 is 6.16. The maximum Gasteiger partial charge on any atom is 0.271 e. The molecule has 2 aromatic rings. The highest BCUT2D eigenvalue weighted by Gasteiger charge is 2.11. The molecule has 0 fully saturated rings. The van der Waals surface area contributed by atoms with Crippen molar-refractivity contribution in [2.24, 2.45) is 0 Å². The molecule has 0 atom stereocenters. The number of carbonyl (C=O) groups excluding carboxylic acids is 1. The summed E-state index contributed by atoms with van der Waals surface area (Å²) in [5.74, 6) is -0.113. The van der Waals surface area contributed by atoms with E-state index < -0.39 is 0 Å². The van der Waals surface area contributed by atoms with Crippen LogP contribution in [0, 0.1) is 6.92 Å². The summed E-state index contributed by atoms with van der Waals surface area (Å²) in [6.07, 6.45) is 3.49. The van der Waals surface area contributed by atoms with Gasteiger partial charge in [0.25, 0.3) is 5.91 Å². The second-order valence-electron chi connectivity index (χ2n) is 4.27. The molecule has 0 radical (unpaired) electrons. The zero-order valence-corrected chi connectivity index (χ0v) is 11.2. The number of aryl methyl sites for hydroxylation is 1. The number of hydrogen-bond donors (Lipinski definition) is 1. The third kappa shape index (κ3) is 2.24. The van der Waals surface area contributed by atoms with Crippen molar-refractivity contribution in [2.45, 2.75) is 6.92 Å². The maximum absolute atomic E-state index is 11.7. The Morgan fingerprint density at radius 3 is 2.56 bits per heavy atom. The average Bonchev–Trinajstić information content (AvgIpc) is 2.69. The van der Waals surface area contributed by atoms with Crippen LogP contribution in [0.4, 0.5) is 0 Å². The first-order valence-corrected chi connectivity index (χ1v) is 5.90. The number of nitrogens with one attached hydrogen (secondary N) is 1. The molecule has 0 spiro atoms. The molecule has 1 amide bonds. The SMILES string of the molecule is Cc1[nH]cc(-c2ccc(C(=O)N(C)C)nc2)c1Cl. The highest BCUT2D eigenvalue weighted by atomic mass is 35.5. The summed E-state index contributed by atoms with van der Waals surface area (Å²) < 4.78 is 0. The molecule has 2 aromatic heterocycles. The first-order chi connectivity index (χ1) is 8.50. The van der Waals surface area contributed by atoms with Crippen molar-refractivity contribution in [3.05, 3.63) is 40.9 Å². The summed E-state index contributed by atoms with van der Waals surface area (Å²) in [7, 11) is 3.40. The molecule has 0 aliphatic heterocycles. The number of nitrogens with zero attached hydrogens (tertiary/aromatic N) is 2. The van der Waals surface area contributed by atoms with E-state index in [0.717, 1.165) is 16.8 Å². The van der Waals surface area contributed by atoms with Crippen LogP contribution in [-0.4, -0.2) is 34.9 Å². The minimum atomic E-state index is -0.113. The number of aromatic amines is 1. The van der Waals surface area contributed by atoms with Crippen LogP contribution in [0.15, 0.2) is 24.5 Å². The van der Waals surface area contributed by atoms with Gasteiger partial charge in [-0.3, -0.25) is 9.78 Å². The number of rotatable bonds is 2. The van der Waals surface area contributed by atoms with Gasteiger partial charge in [-0.15, -0.1) is 0 Å². The van der Waals surface area contributed by atoms with Crippen molar-refractivity contribution in [3.8, 4) is 11.1 Å². The third-order valence-electron chi connectivity index (χ3n) is 2.70. The molecule has 1 N–H and O–H groups in total. The Morgan fingerprint density at radius 1 is 1.39 bits per heavy atom. The van der Waals surface area contributed by atoms with Crippen molar-refractivity contribution in [1.29, 1.82) is 0 Å². The zero-order chi connectivity index (χ0) is 13.3. The first kappa shape index (κ1) is 12.6. The number of halogens is 1. The van der Waals surface area contributed by atoms with E-state index >= 15 is 0 Å². The Bertz CT molecular complexity index is 572. The molecule has 5 heteroatoms. The van der Waals surface area contributed by atoms with E-state index in [1.807, 2.05) is 19.2 Å². The minimum absolute atomic E-state index is 0.113. The molecule has 0 aromatic carbocycles. The molecule has 0 saturated heterocycles. The van der Waals surface area contributed by atoms with E-state index in [0.29, 0.717) is 10.7 Å². The van der Waals surface area contributed by atoms with E-state index in [-0.39, 0.29) is 5.91 Å². The highest BCUT2D eigenvalue weighted by molar-refractivity contribution is 6.34. The Morgan fingerprint density at radius 2 is 2.11 bits per heavy atom. The molecule has 0 aliphatic rings. The van der Waals surface area contributed by atoms with Crippen molar-refractivity contribution in [2.75, 3.05) is 14.1 Å². The molecule has 94 valence electrons. The molecule has 0 aliphatic carbocycles. The van der Waals surface area contributed by atoms with Crippen LogP contribution in [0.1, 0.15) is 16.2 Å². The van der Waals surface area contributed by atoms with Crippen LogP contribution in [0.5, 0.6) is 0 Å². The lowest BCUT2D eigenvalue weighted by Crippen LogP contribution is -2.22. The Hall–Kier alpha value is -1.81. The van der Waals surface area contributed by atoms with Crippen LogP contribution < -0.4 is 0 Å². The van der Waals surface area contributed by atoms with Crippen LogP contribution in [0.2, 0.25) is 5.02 Å². The van der Waals surface area contributed by atoms with E-state index in [1.54, 1.807) is 26.4 Å². The lowest BCUT2D eigenvalue weighted by Gasteiger charge is -2.09. The first-order valence-electron chi connectivity index (χ1n) is 5.52. The van der Waals surface area contributed by atoms with E-state index in [9.17, 15) is 4.79 Å². The predicted molar refractivity (Wildman–Crippen MR) is 71.8 cm³/mol. The van der Waals surface area contributed by atoms with Crippen molar-refractivity contribution < 1.29 is 4.79 Å². The van der Waals surface area contributed by atoms with Gasteiger partial charge in [0.2, 0.25) is 0 Å². The molecule has 2 rings (SSSR count). The minimum Gasteiger partial charge on any atom is -0.363 e. The summed E-state index contributed by atoms with van der Waals surface area (Å²) in [5.41, 5.74) is 3.12. The van der Waals surface area contributed by atoms with Gasteiger partial charge in [-0.05, 0) is 13.0 Å². The highest BCUT2D eigenvalue weighted by Crippen LogP contribution is 2.29.